The molecule has 1 aliphatic heterocycles. The van der Waals surface area contributed by atoms with Crippen LogP contribution in [-0.4, -0.2) is 47.2 Å². The van der Waals surface area contributed by atoms with Gasteiger partial charge in [0.1, 0.15) is 0 Å². The van der Waals surface area contributed by atoms with E-state index >= 15 is 0 Å². The molecule has 0 amide bonds. The van der Waals surface area contributed by atoms with E-state index < -0.39 is 0 Å². The van der Waals surface area contributed by atoms with Crippen molar-refractivity contribution in [1.29, 1.82) is 0 Å². The molecule has 5 nitrogen and oxygen atoms in total. The van der Waals surface area contributed by atoms with Crippen LogP contribution in [0.4, 0.5) is 5.82 Å². The molecule has 0 aromatic carbocycles. The van der Waals surface area contributed by atoms with Crippen LogP contribution in [-0.2, 0) is 4.74 Å². The molecule has 0 saturated carbocycles. The number of aromatic nitrogens is 2. The van der Waals surface area contributed by atoms with Crippen molar-refractivity contribution in [1.82, 2.24) is 9.97 Å². The number of nitrogens with zero attached hydrogens (tertiary/aromatic N) is 3. The second-order valence-corrected chi connectivity index (χ2v) is 4.91. The van der Waals surface area contributed by atoms with Crippen LogP contribution in [0.3, 0.4) is 0 Å². The van der Waals surface area contributed by atoms with Crippen LogP contribution < -0.4 is 9.64 Å². The highest BCUT2D eigenvalue weighted by atomic mass is 79.9. The quantitative estimate of drug-likeness (QED) is 0.794. The summed E-state index contributed by atoms with van der Waals surface area (Å²) in [6.45, 7) is 6.18. The van der Waals surface area contributed by atoms with Crippen LogP contribution in [0, 0.1) is 0 Å². The Balaban J connectivity index is 2.15. The molecule has 2 heterocycles. The summed E-state index contributed by atoms with van der Waals surface area (Å²) in [6.07, 6.45) is 3.61. The first-order chi connectivity index (χ1) is 8.74. The van der Waals surface area contributed by atoms with Crippen molar-refractivity contribution in [3.05, 3.63) is 12.4 Å². The van der Waals surface area contributed by atoms with Crippen LogP contribution in [0.15, 0.2) is 12.4 Å². The van der Waals surface area contributed by atoms with Crippen molar-refractivity contribution in [2.45, 2.75) is 26.0 Å². The Morgan fingerprint density at radius 1 is 1.56 bits per heavy atom. The summed E-state index contributed by atoms with van der Waals surface area (Å²) in [7, 11) is 0. The van der Waals surface area contributed by atoms with Gasteiger partial charge in [0.15, 0.2) is 5.82 Å². The van der Waals surface area contributed by atoms with Crippen molar-refractivity contribution < 1.29 is 9.47 Å². The number of rotatable bonds is 4. The molecular formula is C12H18BrN3O2. The van der Waals surface area contributed by atoms with Gasteiger partial charge in [-0.3, -0.25) is 4.98 Å². The molecule has 2 rings (SSSR count). The van der Waals surface area contributed by atoms with Crippen molar-refractivity contribution in [2.75, 3.05) is 30.0 Å². The topological polar surface area (TPSA) is 47.5 Å². The number of alkyl halides is 1. The minimum atomic E-state index is 0.193. The lowest BCUT2D eigenvalue weighted by atomic mass is 10.2. The number of hydrogen-bond donors (Lipinski definition) is 0. The van der Waals surface area contributed by atoms with E-state index in [1.54, 1.807) is 12.4 Å². The first-order valence-corrected chi connectivity index (χ1v) is 7.25. The summed E-state index contributed by atoms with van der Waals surface area (Å²) in [6, 6.07) is 0.298. The van der Waals surface area contributed by atoms with Crippen LogP contribution in [0.2, 0.25) is 0 Å². The van der Waals surface area contributed by atoms with E-state index in [4.69, 9.17) is 9.47 Å². The fourth-order valence-electron chi connectivity index (χ4n) is 1.92. The van der Waals surface area contributed by atoms with Gasteiger partial charge < -0.3 is 14.4 Å². The van der Waals surface area contributed by atoms with E-state index in [-0.39, 0.29) is 6.10 Å². The van der Waals surface area contributed by atoms with Gasteiger partial charge >= 0.3 is 0 Å². The predicted octanol–water partition coefficient (Wildman–Crippen LogP) is 1.86. The van der Waals surface area contributed by atoms with E-state index in [1.165, 1.54) is 0 Å². The average Bonchev–Trinajstić information content (AvgIpc) is 2.40. The lowest BCUT2D eigenvalue weighted by molar-refractivity contribution is 0.0375. The number of ether oxygens (including phenoxy) is 2. The van der Waals surface area contributed by atoms with Crippen LogP contribution >= 0.6 is 15.9 Å². The smallest absolute Gasteiger partial charge is 0.234 e. The summed E-state index contributed by atoms with van der Waals surface area (Å²) in [4.78, 5) is 10.9. The van der Waals surface area contributed by atoms with E-state index in [1.807, 2.05) is 6.92 Å². The number of morpholine rings is 1. The van der Waals surface area contributed by atoms with E-state index in [9.17, 15) is 0 Å². The zero-order valence-electron chi connectivity index (χ0n) is 10.7. The second kappa shape index (κ2) is 6.33. The van der Waals surface area contributed by atoms with Gasteiger partial charge in [0, 0.05) is 11.9 Å². The lowest BCUT2D eigenvalue weighted by Crippen LogP contribution is -2.49. The summed E-state index contributed by atoms with van der Waals surface area (Å²) in [5.74, 6) is 1.42. The zero-order valence-corrected chi connectivity index (χ0v) is 12.3. The first-order valence-electron chi connectivity index (χ1n) is 6.13. The largest absolute Gasteiger partial charge is 0.477 e. The van der Waals surface area contributed by atoms with Gasteiger partial charge in [-0.1, -0.05) is 15.9 Å². The number of hydrogen-bond acceptors (Lipinski definition) is 5. The SMILES string of the molecule is CCOc1cncc(N2CC(CBr)OCC2C)n1. The van der Waals surface area contributed by atoms with Gasteiger partial charge in [-0.2, -0.15) is 4.98 Å². The molecule has 0 aliphatic carbocycles. The van der Waals surface area contributed by atoms with Crippen LogP contribution in [0.1, 0.15) is 13.8 Å². The summed E-state index contributed by atoms with van der Waals surface area (Å²) in [5.41, 5.74) is 0. The molecule has 6 heteroatoms. The Bertz CT molecular complexity index is 391. The third kappa shape index (κ3) is 3.11. The maximum absolute atomic E-state index is 5.70. The Morgan fingerprint density at radius 3 is 3.11 bits per heavy atom. The number of halogens is 1. The molecule has 2 atom stereocenters. The molecule has 1 aromatic heterocycles. The van der Waals surface area contributed by atoms with Crippen molar-refractivity contribution in [3.63, 3.8) is 0 Å². The number of anilines is 1. The maximum atomic E-state index is 5.70. The van der Waals surface area contributed by atoms with Crippen molar-refractivity contribution in [2.24, 2.45) is 0 Å². The molecule has 0 spiro atoms. The Hall–Kier alpha value is -0.880. The molecule has 18 heavy (non-hydrogen) atoms. The highest BCUT2D eigenvalue weighted by molar-refractivity contribution is 9.09. The van der Waals surface area contributed by atoms with Gasteiger partial charge in [-0.25, -0.2) is 0 Å². The fraction of sp³-hybridized carbons (Fsp3) is 0.667. The fourth-order valence-corrected chi connectivity index (χ4v) is 2.32. The predicted molar refractivity (Wildman–Crippen MR) is 73.5 cm³/mol. The Morgan fingerprint density at radius 2 is 2.39 bits per heavy atom. The molecule has 0 N–H and O–H groups in total. The first kappa shape index (κ1) is 13.5. The normalized spacial score (nSPS) is 24.1. The highest BCUT2D eigenvalue weighted by Gasteiger charge is 2.26. The minimum Gasteiger partial charge on any atom is -0.477 e. The molecule has 1 aromatic rings. The molecule has 100 valence electrons. The van der Waals surface area contributed by atoms with Gasteiger partial charge in [-0.15, -0.1) is 0 Å². The molecule has 2 unspecified atom stereocenters. The zero-order chi connectivity index (χ0) is 13.0. The molecule has 1 saturated heterocycles. The molecular weight excluding hydrogens is 298 g/mol. The molecule has 0 radical (unpaired) electrons. The Labute approximate surface area is 116 Å². The third-order valence-corrected chi connectivity index (χ3v) is 3.59. The van der Waals surface area contributed by atoms with Gasteiger partial charge in [-0.05, 0) is 13.8 Å². The van der Waals surface area contributed by atoms with Crippen LogP contribution in [0.5, 0.6) is 5.88 Å². The average molecular weight is 316 g/mol. The molecule has 0 bridgehead atoms. The second-order valence-electron chi connectivity index (χ2n) is 4.26. The Kier molecular flexibility index (Phi) is 4.77. The maximum Gasteiger partial charge on any atom is 0.234 e. The minimum absolute atomic E-state index is 0.193. The monoisotopic (exact) mass is 315 g/mol. The van der Waals surface area contributed by atoms with E-state index in [0.717, 1.165) is 17.7 Å². The van der Waals surface area contributed by atoms with Crippen molar-refractivity contribution in [3.8, 4) is 5.88 Å². The van der Waals surface area contributed by atoms with E-state index in [2.05, 4.69) is 37.7 Å². The lowest BCUT2D eigenvalue weighted by Gasteiger charge is -2.38. The summed E-state index contributed by atoms with van der Waals surface area (Å²) < 4.78 is 11.1. The van der Waals surface area contributed by atoms with Gasteiger partial charge in [0.2, 0.25) is 5.88 Å². The third-order valence-electron chi connectivity index (χ3n) is 2.86. The van der Waals surface area contributed by atoms with Gasteiger partial charge in [0.05, 0.1) is 37.8 Å². The van der Waals surface area contributed by atoms with Crippen molar-refractivity contribution >= 4 is 21.7 Å². The molecule has 1 fully saturated rings. The van der Waals surface area contributed by atoms with E-state index in [0.29, 0.717) is 25.1 Å². The van der Waals surface area contributed by atoms with Gasteiger partial charge in [0.25, 0.3) is 0 Å². The summed E-state index contributed by atoms with van der Waals surface area (Å²) >= 11 is 3.46. The standard InChI is InChI=1S/C12H18BrN3O2/c1-3-17-12-6-14-5-11(15-12)16-7-10(4-13)18-8-9(16)2/h5-6,9-10H,3-4,7-8H2,1-2H3. The highest BCUT2D eigenvalue weighted by Crippen LogP contribution is 2.21. The summed E-state index contributed by atoms with van der Waals surface area (Å²) in [5, 5.41) is 0.828. The molecule has 1 aliphatic rings. The van der Waals surface area contributed by atoms with Crippen LogP contribution in [0.25, 0.3) is 0 Å².